The summed E-state index contributed by atoms with van der Waals surface area (Å²) >= 11 is 0. The summed E-state index contributed by atoms with van der Waals surface area (Å²) < 4.78 is 0. The summed E-state index contributed by atoms with van der Waals surface area (Å²) in [6, 6.07) is 0. The van der Waals surface area contributed by atoms with Crippen LogP contribution in [0.25, 0.3) is 0 Å². The third kappa shape index (κ3) is 2.31. The Hall–Kier alpha value is -1.06. The van der Waals surface area contributed by atoms with Crippen molar-refractivity contribution < 1.29 is 14.7 Å². The fourth-order valence-electron chi connectivity index (χ4n) is 2.80. The maximum atomic E-state index is 12.2. The number of likely N-dealkylation sites (tertiary alicyclic amines) is 1. The van der Waals surface area contributed by atoms with Gasteiger partial charge in [0, 0.05) is 13.0 Å². The second-order valence-corrected chi connectivity index (χ2v) is 5.58. The predicted octanol–water partition coefficient (Wildman–Crippen LogP) is 2.03. The van der Waals surface area contributed by atoms with E-state index in [2.05, 4.69) is 0 Å². The molecule has 1 unspecified atom stereocenters. The van der Waals surface area contributed by atoms with Crippen LogP contribution in [0.4, 0.5) is 0 Å². The summed E-state index contributed by atoms with van der Waals surface area (Å²) in [6.45, 7) is 2.29. The van der Waals surface area contributed by atoms with Crippen molar-refractivity contribution in [2.75, 3.05) is 6.54 Å². The normalized spacial score (nSPS) is 29.8. The number of hydrogen-bond acceptors (Lipinski definition) is 2. The summed E-state index contributed by atoms with van der Waals surface area (Å²) in [5.74, 6) is -0.319. The van der Waals surface area contributed by atoms with Crippen molar-refractivity contribution in [2.24, 2.45) is 5.92 Å². The van der Waals surface area contributed by atoms with Gasteiger partial charge in [0.25, 0.3) is 0 Å². The van der Waals surface area contributed by atoms with Crippen LogP contribution in [-0.4, -0.2) is 34.0 Å². The van der Waals surface area contributed by atoms with Crippen LogP contribution in [0, 0.1) is 5.92 Å². The highest BCUT2D eigenvalue weighted by molar-refractivity contribution is 5.87. The fourth-order valence-corrected chi connectivity index (χ4v) is 2.80. The zero-order chi connectivity index (χ0) is 12.5. The van der Waals surface area contributed by atoms with Crippen LogP contribution in [0.3, 0.4) is 0 Å². The number of hydrogen-bond donors (Lipinski definition) is 1. The molecular weight excluding hydrogens is 218 g/mol. The number of amides is 1. The molecule has 1 saturated heterocycles. The van der Waals surface area contributed by atoms with Gasteiger partial charge in [-0.2, -0.15) is 0 Å². The maximum absolute atomic E-state index is 12.2. The summed E-state index contributed by atoms with van der Waals surface area (Å²) in [5.41, 5.74) is -0.973. The summed E-state index contributed by atoms with van der Waals surface area (Å²) in [4.78, 5) is 25.2. The van der Waals surface area contributed by atoms with E-state index in [0.717, 1.165) is 25.7 Å². The van der Waals surface area contributed by atoms with Crippen LogP contribution < -0.4 is 0 Å². The molecule has 1 N–H and O–H groups in total. The van der Waals surface area contributed by atoms with Crippen molar-refractivity contribution in [3.8, 4) is 0 Å². The van der Waals surface area contributed by atoms with E-state index in [9.17, 15) is 14.7 Å². The van der Waals surface area contributed by atoms with E-state index in [1.807, 2.05) is 0 Å². The van der Waals surface area contributed by atoms with Crippen LogP contribution >= 0.6 is 0 Å². The average Bonchev–Trinajstić information content (AvgIpc) is 2.23. The zero-order valence-corrected chi connectivity index (χ0v) is 10.4. The van der Waals surface area contributed by atoms with Crippen LogP contribution in [0.15, 0.2) is 0 Å². The summed E-state index contributed by atoms with van der Waals surface area (Å²) in [7, 11) is 0. The van der Waals surface area contributed by atoms with E-state index in [1.165, 1.54) is 6.42 Å². The molecule has 96 valence electrons. The number of carbonyl (C=O) groups is 2. The number of aliphatic carboxylic acids is 1. The molecule has 0 radical (unpaired) electrons. The van der Waals surface area contributed by atoms with Crippen LogP contribution in [0.2, 0.25) is 0 Å². The zero-order valence-electron chi connectivity index (χ0n) is 10.4. The molecule has 1 aliphatic carbocycles. The molecule has 17 heavy (non-hydrogen) atoms. The first-order chi connectivity index (χ1) is 8.04. The van der Waals surface area contributed by atoms with Crippen molar-refractivity contribution in [1.29, 1.82) is 0 Å². The lowest BCUT2D eigenvalue weighted by atomic mass is 9.81. The molecule has 1 amide bonds. The first kappa shape index (κ1) is 12.4. The number of rotatable bonds is 3. The standard InChI is InChI=1S/C13H21NO3/c1-13(12(16)17)7-2-3-8-14(13)11(15)9-10-5-4-6-10/h10H,2-9H2,1H3,(H,16,17). The van der Waals surface area contributed by atoms with Gasteiger partial charge in [0.05, 0.1) is 0 Å². The second-order valence-electron chi connectivity index (χ2n) is 5.58. The summed E-state index contributed by atoms with van der Waals surface area (Å²) in [6.07, 6.45) is 6.43. The average molecular weight is 239 g/mol. The Kier molecular flexibility index (Phi) is 3.40. The fraction of sp³-hybridized carbons (Fsp3) is 0.846. The van der Waals surface area contributed by atoms with Crippen molar-refractivity contribution in [1.82, 2.24) is 4.90 Å². The molecule has 2 aliphatic rings. The van der Waals surface area contributed by atoms with Crippen LogP contribution in [-0.2, 0) is 9.59 Å². The number of carboxylic acids is 1. The Morgan fingerprint density at radius 3 is 2.53 bits per heavy atom. The topological polar surface area (TPSA) is 57.6 Å². The SMILES string of the molecule is CC1(C(=O)O)CCCCN1C(=O)CC1CCC1. The minimum atomic E-state index is -0.973. The van der Waals surface area contributed by atoms with E-state index in [-0.39, 0.29) is 5.91 Å². The van der Waals surface area contributed by atoms with Gasteiger partial charge in [0.1, 0.15) is 5.54 Å². The van der Waals surface area contributed by atoms with Crippen molar-refractivity contribution in [3.05, 3.63) is 0 Å². The molecule has 1 saturated carbocycles. The highest BCUT2D eigenvalue weighted by Gasteiger charge is 2.44. The van der Waals surface area contributed by atoms with Crippen molar-refractivity contribution in [3.63, 3.8) is 0 Å². The molecule has 1 heterocycles. The largest absolute Gasteiger partial charge is 0.480 e. The first-order valence-corrected chi connectivity index (χ1v) is 6.58. The van der Waals surface area contributed by atoms with E-state index >= 15 is 0 Å². The Balaban J connectivity index is 2.04. The molecule has 0 spiro atoms. The van der Waals surface area contributed by atoms with Gasteiger partial charge in [-0.15, -0.1) is 0 Å². The van der Waals surface area contributed by atoms with Gasteiger partial charge in [-0.25, -0.2) is 4.79 Å². The lowest BCUT2D eigenvalue weighted by Gasteiger charge is -2.42. The van der Waals surface area contributed by atoms with Crippen LogP contribution in [0.5, 0.6) is 0 Å². The second kappa shape index (κ2) is 4.67. The van der Waals surface area contributed by atoms with Crippen molar-refractivity contribution in [2.45, 2.75) is 57.4 Å². The van der Waals surface area contributed by atoms with Gasteiger partial charge < -0.3 is 10.0 Å². The Morgan fingerprint density at radius 1 is 1.29 bits per heavy atom. The van der Waals surface area contributed by atoms with Crippen LogP contribution in [0.1, 0.15) is 51.9 Å². The maximum Gasteiger partial charge on any atom is 0.329 e. The Bertz CT molecular complexity index is 325. The molecular formula is C13H21NO3. The molecule has 2 rings (SSSR count). The highest BCUT2D eigenvalue weighted by Crippen LogP contribution is 2.33. The minimum Gasteiger partial charge on any atom is -0.480 e. The lowest BCUT2D eigenvalue weighted by molar-refractivity contribution is -0.161. The molecule has 0 aromatic carbocycles. The van der Waals surface area contributed by atoms with E-state index in [0.29, 0.717) is 25.3 Å². The molecule has 1 atom stereocenters. The molecule has 1 aliphatic heterocycles. The van der Waals surface area contributed by atoms with E-state index in [4.69, 9.17) is 0 Å². The first-order valence-electron chi connectivity index (χ1n) is 6.58. The molecule has 2 fully saturated rings. The highest BCUT2D eigenvalue weighted by atomic mass is 16.4. The number of piperidine rings is 1. The van der Waals surface area contributed by atoms with E-state index < -0.39 is 11.5 Å². The van der Waals surface area contributed by atoms with Gasteiger partial charge in [-0.3, -0.25) is 4.79 Å². The molecule has 0 bridgehead atoms. The molecule has 0 aromatic rings. The monoisotopic (exact) mass is 239 g/mol. The van der Waals surface area contributed by atoms with Gasteiger partial charge in [0.2, 0.25) is 5.91 Å². The third-order valence-corrected chi connectivity index (χ3v) is 4.34. The lowest BCUT2D eigenvalue weighted by Crippen LogP contribution is -2.57. The molecule has 0 aromatic heterocycles. The number of carboxylic acid groups (broad SMARTS) is 1. The van der Waals surface area contributed by atoms with Gasteiger partial charge in [-0.05, 0) is 44.9 Å². The minimum absolute atomic E-state index is 0.0410. The quantitative estimate of drug-likeness (QED) is 0.819. The molecule has 4 nitrogen and oxygen atoms in total. The van der Waals surface area contributed by atoms with Gasteiger partial charge in [-0.1, -0.05) is 6.42 Å². The number of nitrogens with zero attached hydrogens (tertiary/aromatic N) is 1. The molecule has 4 heteroatoms. The number of carbonyl (C=O) groups excluding carboxylic acids is 1. The van der Waals surface area contributed by atoms with Gasteiger partial charge >= 0.3 is 5.97 Å². The Labute approximate surface area is 102 Å². The van der Waals surface area contributed by atoms with Gasteiger partial charge in [0.15, 0.2) is 0 Å². The summed E-state index contributed by atoms with van der Waals surface area (Å²) in [5, 5.41) is 9.33. The predicted molar refractivity (Wildman–Crippen MR) is 63.6 cm³/mol. The third-order valence-electron chi connectivity index (χ3n) is 4.34. The smallest absolute Gasteiger partial charge is 0.329 e. The van der Waals surface area contributed by atoms with Crippen molar-refractivity contribution >= 4 is 11.9 Å². The Morgan fingerprint density at radius 2 is 2.00 bits per heavy atom. The van der Waals surface area contributed by atoms with E-state index in [1.54, 1.807) is 11.8 Å².